The second-order valence-corrected chi connectivity index (χ2v) is 5.92. The van der Waals surface area contributed by atoms with Crippen molar-refractivity contribution in [2.75, 3.05) is 11.6 Å². The van der Waals surface area contributed by atoms with Gasteiger partial charge in [0.2, 0.25) is 0 Å². The third kappa shape index (κ3) is 4.95. The summed E-state index contributed by atoms with van der Waals surface area (Å²) >= 11 is 5.09. The van der Waals surface area contributed by atoms with Crippen LogP contribution in [0.4, 0.5) is 10.5 Å². The molecular formula is C16H15BrN2OS. The van der Waals surface area contributed by atoms with Gasteiger partial charge in [0, 0.05) is 21.3 Å². The number of rotatable bonds is 4. The molecule has 3 nitrogen and oxygen atoms in total. The Bertz CT molecular complexity index is 658. The number of nitrogens with one attached hydrogen (secondary N) is 2. The highest BCUT2D eigenvalue weighted by molar-refractivity contribution is 9.10. The zero-order valence-corrected chi connectivity index (χ0v) is 13.9. The average Bonchev–Trinajstić information content (AvgIpc) is 2.49. The lowest BCUT2D eigenvalue weighted by Gasteiger charge is -2.06. The zero-order valence-electron chi connectivity index (χ0n) is 11.5. The molecule has 2 rings (SSSR count). The maximum absolute atomic E-state index is 11.8. The number of hydrogen-bond donors (Lipinski definition) is 2. The van der Waals surface area contributed by atoms with Crippen molar-refractivity contribution >= 4 is 45.5 Å². The van der Waals surface area contributed by atoms with Gasteiger partial charge in [-0.3, -0.25) is 0 Å². The van der Waals surface area contributed by atoms with E-state index in [0.29, 0.717) is 0 Å². The van der Waals surface area contributed by atoms with Crippen LogP contribution in [0.2, 0.25) is 0 Å². The minimum atomic E-state index is -0.267. The van der Waals surface area contributed by atoms with Gasteiger partial charge in [0.05, 0.1) is 0 Å². The van der Waals surface area contributed by atoms with Gasteiger partial charge in [-0.25, -0.2) is 4.79 Å². The molecule has 0 aromatic heterocycles. The number of amides is 2. The van der Waals surface area contributed by atoms with Gasteiger partial charge in [-0.15, -0.1) is 11.8 Å². The van der Waals surface area contributed by atoms with E-state index in [4.69, 9.17) is 0 Å². The van der Waals surface area contributed by atoms with Gasteiger partial charge in [-0.2, -0.15) is 0 Å². The fourth-order valence-corrected chi connectivity index (χ4v) is 2.56. The van der Waals surface area contributed by atoms with Crippen molar-refractivity contribution in [3.8, 4) is 0 Å². The summed E-state index contributed by atoms with van der Waals surface area (Å²) in [5, 5.41) is 5.48. The van der Waals surface area contributed by atoms with Crippen LogP contribution in [-0.4, -0.2) is 12.3 Å². The first-order valence-electron chi connectivity index (χ1n) is 6.31. The van der Waals surface area contributed by atoms with Crippen LogP contribution in [0.1, 0.15) is 5.56 Å². The normalized spacial score (nSPS) is 10.6. The molecule has 0 spiro atoms. The summed E-state index contributed by atoms with van der Waals surface area (Å²) in [4.78, 5) is 12.9. The third-order valence-corrected chi connectivity index (χ3v) is 4.16. The van der Waals surface area contributed by atoms with Gasteiger partial charge in [-0.05, 0) is 42.2 Å². The van der Waals surface area contributed by atoms with E-state index in [0.717, 1.165) is 20.6 Å². The maximum atomic E-state index is 11.8. The third-order valence-electron chi connectivity index (χ3n) is 2.71. The number of anilines is 1. The molecule has 0 aliphatic rings. The highest BCUT2D eigenvalue weighted by Crippen LogP contribution is 2.19. The summed E-state index contributed by atoms with van der Waals surface area (Å²) in [5.41, 5.74) is 1.77. The molecule has 2 aromatic carbocycles. The number of carbonyl (C=O) groups excluding carboxylic acids is 1. The molecule has 0 heterocycles. The first-order valence-corrected chi connectivity index (χ1v) is 8.33. The van der Waals surface area contributed by atoms with Crippen molar-refractivity contribution < 1.29 is 4.79 Å². The minimum absolute atomic E-state index is 0.267. The standard InChI is InChI=1S/C16H15BrN2OS/c1-21-14-7-4-6-13(11-14)19-16(20)18-10-9-12-5-2-3-8-15(12)17/h2-11H,1H3,(H2,18,19,20)/b10-9+. The molecule has 21 heavy (non-hydrogen) atoms. The molecule has 0 bridgehead atoms. The summed E-state index contributed by atoms with van der Waals surface area (Å²) in [6, 6.07) is 15.2. The van der Waals surface area contributed by atoms with Crippen molar-refractivity contribution in [1.29, 1.82) is 0 Å². The number of urea groups is 1. The first-order chi connectivity index (χ1) is 10.2. The SMILES string of the molecule is CSc1cccc(NC(=O)N/C=C/c2ccccc2Br)c1. The molecule has 0 saturated carbocycles. The second-order valence-electron chi connectivity index (χ2n) is 4.19. The van der Waals surface area contributed by atoms with Gasteiger partial charge < -0.3 is 10.6 Å². The van der Waals surface area contributed by atoms with E-state index >= 15 is 0 Å². The summed E-state index contributed by atoms with van der Waals surface area (Å²) in [5.74, 6) is 0. The topological polar surface area (TPSA) is 41.1 Å². The van der Waals surface area contributed by atoms with E-state index < -0.39 is 0 Å². The molecule has 0 fully saturated rings. The summed E-state index contributed by atoms with van der Waals surface area (Å²) in [7, 11) is 0. The quantitative estimate of drug-likeness (QED) is 0.754. The zero-order chi connectivity index (χ0) is 15.1. The molecule has 0 unspecified atom stereocenters. The molecule has 0 aliphatic heterocycles. The van der Waals surface area contributed by atoms with Crippen LogP contribution in [0.15, 0.2) is 64.1 Å². The monoisotopic (exact) mass is 362 g/mol. The molecule has 2 amide bonds. The molecule has 0 atom stereocenters. The van der Waals surface area contributed by atoms with E-state index in [1.807, 2.05) is 60.9 Å². The van der Waals surface area contributed by atoms with Gasteiger partial charge in [0.15, 0.2) is 0 Å². The fraction of sp³-hybridized carbons (Fsp3) is 0.0625. The van der Waals surface area contributed by atoms with E-state index in [9.17, 15) is 4.79 Å². The van der Waals surface area contributed by atoms with Gasteiger partial charge >= 0.3 is 6.03 Å². The molecule has 2 N–H and O–H groups in total. The number of halogens is 1. The van der Waals surface area contributed by atoms with Crippen LogP contribution >= 0.6 is 27.7 Å². The minimum Gasteiger partial charge on any atom is -0.314 e. The number of carbonyl (C=O) groups is 1. The molecule has 0 aliphatic carbocycles. The summed E-state index contributed by atoms with van der Waals surface area (Å²) < 4.78 is 0.983. The van der Waals surface area contributed by atoms with Crippen molar-refractivity contribution in [3.63, 3.8) is 0 Å². The van der Waals surface area contributed by atoms with Gasteiger partial charge in [0.1, 0.15) is 0 Å². The Balaban J connectivity index is 1.91. The molecule has 2 aromatic rings. The van der Waals surface area contributed by atoms with Crippen LogP contribution < -0.4 is 10.6 Å². The summed E-state index contributed by atoms with van der Waals surface area (Å²) in [6.07, 6.45) is 5.45. The van der Waals surface area contributed by atoms with Crippen LogP contribution in [-0.2, 0) is 0 Å². The van der Waals surface area contributed by atoms with Crippen molar-refractivity contribution in [1.82, 2.24) is 5.32 Å². The lowest BCUT2D eigenvalue weighted by Crippen LogP contribution is -2.23. The second kappa shape index (κ2) is 7.90. The Hall–Kier alpha value is -1.72. The highest BCUT2D eigenvalue weighted by Gasteiger charge is 2.00. The van der Waals surface area contributed by atoms with Crippen LogP contribution in [0.25, 0.3) is 6.08 Å². The lowest BCUT2D eigenvalue weighted by atomic mass is 10.2. The average molecular weight is 363 g/mol. The number of benzene rings is 2. The number of thioether (sulfide) groups is 1. The van der Waals surface area contributed by atoms with Gasteiger partial charge in [-0.1, -0.05) is 40.2 Å². The first kappa shape index (κ1) is 15.7. The Morgan fingerprint density at radius 3 is 2.76 bits per heavy atom. The van der Waals surface area contributed by atoms with Crippen LogP contribution in [0.5, 0.6) is 0 Å². The summed E-state index contributed by atoms with van der Waals surface area (Å²) in [6.45, 7) is 0. The Kier molecular flexibility index (Phi) is 5.90. The predicted octanol–water partition coefficient (Wildman–Crippen LogP) is 4.96. The van der Waals surface area contributed by atoms with E-state index in [1.54, 1.807) is 18.0 Å². The van der Waals surface area contributed by atoms with Crippen LogP contribution in [0, 0.1) is 0 Å². The maximum Gasteiger partial charge on any atom is 0.323 e. The largest absolute Gasteiger partial charge is 0.323 e. The van der Waals surface area contributed by atoms with Crippen molar-refractivity contribution in [2.24, 2.45) is 0 Å². The van der Waals surface area contributed by atoms with Gasteiger partial charge in [0.25, 0.3) is 0 Å². The van der Waals surface area contributed by atoms with Crippen molar-refractivity contribution in [3.05, 3.63) is 64.8 Å². The Labute approximate surface area is 137 Å². The molecular weight excluding hydrogens is 348 g/mol. The van der Waals surface area contributed by atoms with Crippen LogP contribution in [0.3, 0.4) is 0 Å². The van der Waals surface area contributed by atoms with E-state index in [1.165, 1.54) is 0 Å². The number of hydrogen-bond acceptors (Lipinski definition) is 2. The van der Waals surface area contributed by atoms with E-state index in [2.05, 4.69) is 26.6 Å². The molecule has 0 radical (unpaired) electrons. The Morgan fingerprint density at radius 2 is 2.00 bits per heavy atom. The van der Waals surface area contributed by atoms with E-state index in [-0.39, 0.29) is 6.03 Å². The predicted molar refractivity (Wildman–Crippen MR) is 93.6 cm³/mol. The van der Waals surface area contributed by atoms with Crippen molar-refractivity contribution in [2.45, 2.75) is 4.90 Å². The fourth-order valence-electron chi connectivity index (χ4n) is 1.69. The molecule has 5 heteroatoms. The lowest BCUT2D eigenvalue weighted by molar-refractivity contribution is 0.255. The Morgan fingerprint density at radius 1 is 1.19 bits per heavy atom. The smallest absolute Gasteiger partial charge is 0.314 e. The molecule has 108 valence electrons. The molecule has 0 saturated heterocycles. The highest BCUT2D eigenvalue weighted by atomic mass is 79.9.